The van der Waals surface area contributed by atoms with Crippen LogP contribution >= 0.6 is 0 Å². The summed E-state index contributed by atoms with van der Waals surface area (Å²) in [5, 5.41) is 5.43. The Bertz CT molecular complexity index is 833. The lowest BCUT2D eigenvalue weighted by molar-refractivity contribution is -0.115. The fourth-order valence-corrected chi connectivity index (χ4v) is 3.09. The fourth-order valence-electron chi connectivity index (χ4n) is 3.09. The van der Waals surface area contributed by atoms with Crippen molar-refractivity contribution in [3.8, 4) is 11.5 Å². The van der Waals surface area contributed by atoms with E-state index in [1.165, 1.54) is 25.3 Å². The zero-order valence-electron chi connectivity index (χ0n) is 14.9. The predicted octanol–water partition coefficient (Wildman–Crippen LogP) is 2.56. The van der Waals surface area contributed by atoms with Gasteiger partial charge >= 0.3 is 0 Å². The molecule has 0 aromatic heterocycles. The molecule has 0 fully saturated rings. The zero-order chi connectivity index (χ0) is 18.5. The molecule has 0 unspecified atom stereocenters. The Kier molecular flexibility index (Phi) is 5.41. The van der Waals surface area contributed by atoms with Gasteiger partial charge in [-0.1, -0.05) is 6.07 Å². The number of carbonyl (C=O) groups is 2. The summed E-state index contributed by atoms with van der Waals surface area (Å²) < 4.78 is 10.3. The molecule has 1 aliphatic carbocycles. The molecular weight excluding hydrogens is 332 g/mol. The van der Waals surface area contributed by atoms with Crippen LogP contribution in [0.3, 0.4) is 0 Å². The van der Waals surface area contributed by atoms with Crippen LogP contribution in [0.4, 0.5) is 5.69 Å². The van der Waals surface area contributed by atoms with E-state index >= 15 is 0 Å². The van der Waals surface area contributed by atoms with Crippen molar-refractivity contribution >= 4 is 17.5 Å². The summed E-state index contributed by atoms with van der Waals surface area (Å²) in [7, 11) is 3.03. The molecule has 0 saturated heterocycles. The molecule has 0 spiro atoms. The van der Waals surface area contributed by atoms with Gasteiger partial charge in [0.25, 0.3) is 5.91 Å². The first-order valence-electron chi connectivity index (χ1n) is 8.52. The van der Waals surface area contributed by atoms with E-state index in [9.17, 15) is 9.59 Å². The van der Waals surface area contributed by atoms with Crippen molar-refractivity contribution < 1.29 is 19.1 Å². The van der Waals surface area contributed by atoms with Gasteiger partial charge in [0.1, 0.15) is 0 Å². The Morgan fingerprint density at radius 1 is 0.962 bits per heavy atom. The van der Waals surface area contributed by atoms with E-state index in [0.717, 1.165) is 24.9 Å². The first-order valence-corrected chi connectivity index (χ1v) is 8.52. The SMILES string of the molecule is COc1ccc(C(=O)NCC(=O)Nc2ccc3c(c2)CCC3)cc1OC. The highest BCUT2D eigenvalue weighted by Crippen LogP contribution is 2.27. The third kappa shape index (κ3) is 3.96. The lowest BCUT2D eigenvalue weighted by Gasteiger charge is -2.11. The number of fused-ring (bicyclic) bond motifs is 1. The maximum absolute atomic E-state index is 12.2. The van der Waals surface area contributed by atoms with E-state index in [2.05, 4.69) is 16.7 Å². The monoisotopic (exact) mass is 354 g/mol. The van der Waals surface area contributed by atoms with Crippen LogP contribution in [0.1, 0.15) is 27.9 Å². The number of aryl methyl sites for hydroxylation is 2. The summed E-state index contributed by atoms with van der Waals surface area (Å²) in [6, 6.07) is 10.8. The third-order valence-corrected chi connectivity index (χ3v) is 4.44. The van der Waals surface area contributed by atoms with Crippen molar-refractivity contribution in [3.63, 3.8) is 0 Å². The first-order chi connectivity index (χ1) is 12.6. The number of methoxy groups -OCH3 is 2. The highest BCUT2D eigenvalue weighted by atomic mass is 16.5. The van der Waals surface area contributed by atoms with Gasteiger partial charge in [-0.25, -0.2) is 0 Å². The van der Waals surface area contributed by atoms with Crippen LogP contribution in [0.2, 0.25) is 0 Å². The van der Waals surface area contributed by atoms with Gasteiger partial charge in [0.15, 0.2) is 11.5 Å². The Balaban J connectivity index is 1.56. The van der Waals surface area contributed by atoms with E-state index < -0.39 is 0 Å². The number of carbonyl (C=O) groups excluding carboxylic acids is 2. The number of nitrogens with one attached hydrogen (secondary N) is 2. The number of anilines is 1. The lowest BCUT2D eigenvalue weighted by atomic mass is 10.1. The molecule has 3 rings (SSSR count). The summed E-state index contributed by atoms with van der Waals surface area (Å²) in [5.41, 5.74) is 3.80. The summed E-state index contributed by atoms with van der Waals surface area (Å²) in [4.78, 5) is 24.3. The van der Waals surface area contributed by atoms with Gasteiger partial charge < -0.3 is 20.1 Å². The minimum Gasteiger partial charge on any atom is -0.493 e. The Labute approximate surface area is 152 Å². The molecule has 2 aromatic rings. The van der Waals surface area contributed by atoms with E-state index in [1.54, 1.807) is 18.2 Å². The number of hydrogen-bond donors (Lipinski definition) is 2. The zero-order valence-corrected chi connectivity index (χ0v) is 14.9. The summed E-state index contributed by atoms with van der Waals surface area (Å²) in [6.07, 6.45) is 3.31. The van der Waals surface area contributed by atoms with Crippen LogP contribution < -0.4 is 20.1 Å². The minimum absolute atomic E-state index is 0.107. The van der Waals surface area contributed by atoms with Crippen LogP contribution in [0.15, 0.2) is 36.4 Å². The van der Waals surface area contributed by atoms with Crippen LogP contribution in [0, 0.1) is 0 Å². The molecule has 0 radical (unpaired) electrons. The lowest BCUT2D eigenvalue weighted by Crippen LogP contribution is -2.32. The Morgan fingerprint density at radius 2 is 1.73 bits per heavy atom. The van der Waals surface area contributed by atoms with Gasteiger partial charge in [0.05, 0.1) is 20.8 Å². The molecule has 0 aliphatic heterocycles. The van der Waals surface area contributed by atoms with Gasteiger partial charge in [-0.05, 0) is 60.7 Å². The largest absolute Gasteiger partial charge is 0.493 e. The molecule has 26 heavy (non-hydrogen) atoms. The first kappa shape index (κ1) is 17.8. The molecule has 0 heterocycles. The quantitative estimate of drug-likeness (QED) is 0.836. The van der Waals surface area contributed by atoms with E-state index in [-0.39, 0.29) is 18.4 Å². The summed E-state index contributed by atoms with van der Waals surface area (Å²) in [6.45, 7) is -0.107. The second-order valence-electron chi connectivity index (χ2n) is 6.14. The molecule has 6 heteroatoms. The van der Waals surface area contributed by atoms with Crippen LogP contribution in [0.5, 0.6) is 11.5 Å². The highest BCUT2D eigenvalue weighted by Gasteiger charge is 2.14. The van der Waals surface area contributed by atoms with Crippen molar-refractivity contribution in [2.24, 2.45) is 0 Å². The molecule has 0 saturated carbocycles. The minimum atomic E-state index is -0.352. The second kappa shape index (κ2) is 7.91. The average Bonchev–Trinajstić information content (AvgIpc) is 3.13. The van der Waals surface area contributed by atoms with Crippen molar-refractivity contribution in [2.75, 3.05) is 26.1 Å². The molecule has 0 atom stereocenters. The summed E-state index contributed by atoms with van der Waals surface area (Å²) >= 11 is 0. The molecular formula is C20H22N2O4. The molecule has 0 bridgehead atoms. The topological polar surface area (TPSA) is 76.7 Å². The van der Waals surface area contributed by atoms with Crippen LogP contribution in [0.25, 0.3) is 0 Å². The molecule has 2 amide bonds. The van der Waals surface area contributed by atoms with Gasteiger partial charge in [-0.2, -0.15) is 0 Å². The number of rotatable bonds is 6. The van der Waals surface area contributed by atoms with Crippen molar-refractivity contribution in [1.82, 2.24) is 5.32 Å². The number of amides is 2. The smallest absolute Gasteiger partial charge is 0.251 e. The van der Waals surface area contributed by atoms with Crippen LogP contribution in [-0.2, 0) is 17.6 Å². The maximum Gasteiger partial charge on any atom is 0.251 e. The number of ether oxygens (including phenoxy) is 2. The standard InChI is InChI=1S/C20H22N2O4/c1-25-17-9-7-15(11-18(17)26-2)20(24)21-12-19(23)22-16-8-6-13-4-3-5-14(13)10-16/h6-11H,3-5,12H2,1-2H3,(H,21,24)(H,22,23). The van der Waals surface area contributed by atoms with Gasteiger partial charge in [0, 0.05) is 11.3 Å². The highest BCUT2D eigenvalue weighted by molar-refractivity contribution is 5.99. The molecule has 2 N–H and O–H groups in total. The van der Waals surface area contributed by atoms with Crippen molar-refractivity contribution in [2.45, 2.75) is 19.3 Å². The Morgan fingerprint density at radius 3 is 2.50 bits per heavy atom. The van der Waals surface area contributed by atoms with E-state index in [1.807, 2.05) is 12.1 Å². The van der Waals surface area contributed by atoms with Crippen molar-refractivity contribution in [1.29, 1.82) is 0 Å². The second-order valence-corrected chi connectivity index (χ2v) is 6.14. The van der Waals surface area contributed by atoms with Crippen molar-refractivity contribution in [3.05, 3.63) is 53.1 Å². The Hall–Kier alpha value is -3.02. The predicted molar refractivity (Wildman–Crippen MR) is 99.0 cm³/mol. The molecule has 6 nitrogen and oxygen atoms in total. The average molecular weight is 354 g/mol. The van der Waals surface area contributed by atoms with E-state index in [4.69, 9.17) is 9.47 Å². The molecule has 1 aliphatic rings. The third-order valence-electron chi connectivity index (χ3n) is 4.44. The normalized spacial score (nSPS) is 12.2. The number of hydrogen-bond acceptors (Lipinski definition) is 4. The number of benzene rings is 2. The maximum atomic E-state index is 12.2. The van der Waals surface area contributed by atoms with Gasteiger partial charge in [-0.15, -0.1) is 0 Å². The van der Waals surface area contributed by atoms with E-state index in [0.29, 0.717) is 17.1 Å². The molecule has 136 valence electrons. The van der Waals surface area contributed by atoms with Crippen LogP contribution in [-0.4, -0.2) is 32.6 Å². The van der Waals surface area contributed by atoms with Gasteiger partial charge in [0.2, 0.25) is 5.91 Å². The molecule has 2 aromatic carbocycles. The summed E-state index contributed by atoms with van der Waals surface area (Å²) in [5.74, 6) is 0.382. The fraction of sp³-hybridized carbons (Fsp3) is 0.300. The van der Waals surface area contributed by atoms with Gasteiger partial charge in [-0.3, -0.25) is 9.59 Å².